The zero-order chi connectivity index (χ0) is 17.4. The molecule has 0 fully saturated rings. The zero-order valence-electron chi connectivity index (χ0n) is 14.8. The smallest absolute Gasteiger partial charge is 0.168 e. The average Bonchev–Trinajstić information content (AvgIpc) is 2.57. The quantitative estimate of drug-likeness (QED) is 0.366. The summed E-state index contributed by atoms with van der Waals surface area (Å²) in [6.45, 7) is 4.78. The number of methoxy groups -OCH3 is 1. The normalized spacial score (nSPS) is 11.0. The van der Waals surface area contributed by atoms with E-state index in [-0.39, 0.29) is 6.10 Å². The first kappa shape index (κ1) is 18.9. The van der Waals surface area contributed by atoms with Crippen molar-refractivity contribution in [3.05, 3.63) is 30.3 Å². The molecule has 0 N–H and O–H groups in total. The van der Waals surface area contributed by atoms with E-state index < -0.39 is 0 Å². The molecule has 2 aromatic rings. The highest BCUT2D eigenvalue weighted by molar-refractivity contribution is 9.09. The molecule has 132 valence electrons. The van der Waals surface area contributed by atoms with Gasteiger partial charge in [0.1, 0.15) is 5.75 Å². The summed E-state index contributed by atoms with van der Waals surface area (Å²) in [6.07, 6.45) is 4.88. The van der Waals surface area contributed by atoms with Gasteiger partial charge in [-0.15, -0.1) is 0 Å². The van der Waals surface area contributed by atoms with Crippen LogP contribution in [0.5, 0.6) is 17.2 Å². The van der Waals surface area contributed by atoms with Crippen LogP contribution in [-0.4, -0.2) is 25.2 Å². The average molecular weight is 395 g/mol. The Morgan fingerprint density at radius 1 is 1.00 bits per heavy atom. The number of benzene rings is 2. The van der Waals surface area contributed by atoms with Crippen LogP contribution >= 0.6 is 15.9 Å². The molecule has 4 heteroatoms. The van der Waals surface area contributed by atoms with E-state index in [0.717, 1.165) is 46.4 Å². The summed E-state index contributed by atoms with van der Waals surface area (Å²) in [4.78, 5) is 0. The third kappa shape index (κ3) is 5.30. The summed E-state index contributed by atoms with van der Waals surface area (Å²) in [5.74, 6) is 2.48. The van der Waals surface area contributed by atoms with Crippen molar-refractivity contribution in [2.24, 2.45) is 0 Å². The summed E-state index contributed by atoms with van der Waals surface area (Å²) in [5.41, 5.74) is 0. The SMILES string of the molecule is COc1c(OCCCCCCBr)ccc2cc(OC(C)C)ccc12. The maximum atomic E-state index is 5.94. The van der Waals surface area contributed by atoms with Gasteiger partial charge in [-0.05, 0) is 56.3 Å². The number of rotatable bonds is 10. The van der Waals surface area contributed by atoms with Crippen LogP contribution in [0.25, 0.3) is 10.8 Å². The van der Waals surface area contributed by atoms with Crippen molar-refractivity contribution < 1.29 is 14.2 Å². The van der Waals surface area contributed by atoms with Gasteiger partial charge in [0.15, 0.2) is 11.5 Å². The van der Waals surface area contributed by atoms with Gasteiger partial charge in [-0.3, -0.25) is 0 Å². The first-order valence-electron chi connectivity index (χ1n) is 8.62. The molecule has 2 rings (SSSR count). The van der Waals surface area contributed by atoms with Crippen molar-refractivity contribution in [1.29, 1.82) is 0 Å². The molecule has 0 radical (unpaired) electrons. The molecule has 0 unspecified atom stereocenters. The molecule has 0 spiro atoms. The van der Waals surface area contributed by atoms with E-state index in [1.165, 1.54) is 19.3 Å². The lowest BCUT2D eigenvalue weighted by Gasteiger charge is -2.15. The highest BCUT2D eigenvalue weighted by atomic mass is 79.9. The number of unbranched alkanes of at least 4 members (excludes halogenated alkanes) is 3. The Morgan fingerprint density at radius 2 is 1.79 bits per heavy atom. The molecule has 0 saturated heterocycles. The molecule has 0 saturated carbocycles. The van der Waals surface area contributed by atoms with Crippen molar-refractivity contribution in [2.75, 3.05) is 19.0 Å². The van der Waals surface area contributed by atoms with Crippen LogP contribution in [-0.2, 0) is 0 Å². The molecule has 0 bridgehead atoms. The van der Waals surface area contributed by atoms with E-state index in [9.17, 15) is 0 Å². The number of alkyl halides is 1. The molecule has 0 heterocycles. The molecule has 0 amide bonds. The molecule has 0 aliphatic heterocycles. The van der Waals surface area contributed by atoms with Crippen molar-refractivity contribution >= 4 is 26.7 Å². The van der Waals surface area contributed by atoms with E-state index in [4.69, 9.17) is 14.2 Å². The molecule has 0 aliphatic rings. The lowest BCUT2D eigenvalue weighted by atomic mass is 10.1. The minimum absolute atomic E-state index is 0.163. The molecule has 24 heavy (non-hydrogen) atoms. The number of halogens is 1. The lowest BCUT2D eigenvalue weighted by Crippen LogP contribution is -2.05. The third-order valence-corrected chi connectivity index (χ3v) is 4.33. The number of ether oxygens (including phenoxy) is 3. The first-order valence-corrected chi connectivity index (χ1v) is 9.74. The van der Waals surface area contributed by atoms with E-state index >= 15 is 0 Å². The molecule has 3 nitrogen and oxygen atoms in total. The van der Waals surface area contributed by atoms with Crippen LogP contribution in [0.4, 0.5) is 0 Å². The second-order valence-electron chi connectivity index (χ2n) is 6.10. The second-order valence-corrected chi connectivity index (χ2v) is 6.89. The number of fused-ring (bicyclic) bond motifs is 1. The highest BCUT2D eigenvalue weighted by Crippen LogP contribution is 2.37. The van der Waals surface area contributed by atoms with Gasteiger partial charge in [-0.1, -0.05) is 34.8 Å². The number of hydrogen-bond acceptors (Lipinski definition) is 3. The minimum atomic E-state index is 0.163. The minimum Gasteiger partial charge on any atom is -0.492 e. The third-order valence-electron chi connectivity index (χ3n) is 3.77. The van der Waals surface area contributed by atoms with Crippen LogP contribution in [0, 0.1) is 0 Å². The van der Waals surface area contributed by atoms with Gasteiger partial charge in [0.2, 0.25) is 0 Å². The van der Waals surface area contributed by atoms with Gasteiger partial charge >= 0.3 is 0 Å². The van der Waals surface area contributed by atoms with Crippen molar-refractivity contribution in [2.45, 2.75) is 45.6 Å². The Bertz CT molecular complexity index is 640. The lowest BCUT2D eigenvalue weighted by molar-refractivity contribution is 0.242. The first-order chi connectivity index (χ1) is 11.7. The fraction of sp³-hybridized carbons (Fsp3) is 0.500. The Hall–Kier alpha value is -1.42. The second kappa shape index (κ2) is 9.77. The standard InChI is InChI=1S/C20H27BrO3/c1-15(2)24-17-9-10-18-16(14-17)8-11-19(20(18)22-3)23-13-7-5-4-6-12-21/h8-11,14-15H,4-7,12-13H2,1-3H3. The summed E-state index contributed by atoms with van der Waals surface area (Å²) < 4.78 is 17.3. The van der Waals surface area contributed by atoms with Crippen LogP contribution in [0.15, 0.2) is 30.3 Å². The Balaban J connectivity index is 2.08. The van der Waals surface area contributed by atoms with Gasteiger partial charge in [0.25, 0.3) is 0 Å². The fourth-order valence-corrected chi connectivity index (χ4v) is 3.06. The molecule has 2 aromatic carbocycles. The van der Waals surface area contributed by atoms with Gasteiger partial charge < -0.3 is 14.2 Å². The van der Waals surface area contributed by atoms with Crippen molar-refractivity contribution in [3.8, 4) is 17.2 Å². The van der Waals surface area contributed by atoms with Crippen LogP contribution in [0.2, 0.25) is 0 Å². The summed E-state index contributed by atoms with van der Waals surface area (Å²) >= 11 is 3.46. The van der Waals surface area contributed by atoms with Gasteiger partial charge in [0, 0.05) is 10.7 Å². The van der Waals surface area contributed by atoms with Crippen molar-refractivity contribution in [3.63, 3.8) is 0 Å². The molecular weight excluding hydrogens is 368 g/mol. The molecule has 0 aromatic heterocycles. The van der Waals surface area contributed by atoms with Crippen molar-refractivity contribution in [1.82, 2.24) is 0 Å². The zero-order valence-corrected chi connectivity index (χ0v) is 16.4. The largest absolute Gasteiger partial charge is 0.492 e. The predicted molar refractivity (Wildman–Crippen MR) is 104 cm³/mol. The van der Waals surface area contributed by atoms with E-state index in [1.807, 2.05) is 38.1 Å². The van der Waals surface area contributed by atoms with Crippen LogP contribution < -0.4 is 14.2 Å². The maximum Gasteiger partial charge on any atom is 0.168 e. The van der Waals surface area contributed by atoms with Crippen LogP contribution in [0.3, 0.4) is 0 Å². The monoisotopic (exact) mass is 394 g/mol. The Morgan fingerprint density at radius 3 is 2.50 bits per heavy atom. The summed E-state index contributed by atoms with van der Waals surface area (Å²) in [7, 11) is 1.69. The Labute approximate surface area is 153 Å². The van der Waals surface area contributed by atoms with E-state index in [2.05, 4.69) is 22.0 Å². The topological polar surface area (TPSA) is 27.7 Å². The van der Waals surface area contributed by atoms with Gasteiger partial charge in [-0.2, -0.15) is 0 Å². The summed E-state index contributed by atoms with van der Waals surface area (Å²) in [6, 6.07) is 10.1. The Kier molecular flexibility index (Phi) is 7.70. The summed E-state index contributed by atoms with van der Waals surface area (Å²) in [5, 5.41) is 3.22. The molecular formula is C20H27BrO3. The number of hydrogen-bond donors (Lipinski definition) is 0. The van der Waals surface area contributed by atoms with Gasteiger partial charge in [0.05, 0.1) is 19.8 Å². The maximum absolute atomic E-state index is 5.94. The fourth-order valence-electron chi connectivity index (χ4n) is 2.66. The van der Waals surface area contributed by atoms with Gasteiger partial charge in [-0.25, -0.2) is 0 Å². The predicted octanol–water partition coefficient (Wildman–Crippen LogP) is 5.97. The molecule has 0 aliphatic carbocycles. The highest BCUT2D eigenvalue weighted by Gasteiger charge is 2.10. The van der Waals surface area contributed by atoms with E-state index in [0.29, 0.717) is 0 Å². The van der Waals surface area contributed by atoms with E-state index in [1.54, 1.807) is 7.11 Å². The van der Waals surface area contributed by atoms with Crippen LogP contribution in [0.1, 0.15) is 39.5 Å². The molecule has 0 atom stereocenters.